The molecule has 4 nitrogen and oxygen atoms in total. The molecular weight excluding hydrogens is 789 g/mol. The molecule has 300 valence electrons. The molecular formula is C61H36N4. The molecule has 2 aromatic heterocycles. The van der Waals surface area contributed by atoms with Crippen molar-refractivity contribution in [1.29, 1.82) is 0 Å². The average Bonchev–Trinajstić information content (AvgIpc) is 3.72. The molecule has 0 saturated heterocycles. The van der Waals surface area contributed by atoms with Gasteiger partial charge in [0.25, 0.3) is 0 Å². The van der Waals surface area contributed by atoms with E-state index in [0.717, 1.165) is 60.7 Å². The number of nitrogens with zero attached hydrogens (tertiary/aromatic N) is 4. The van der Waals surface area contributed by atoms with Gasteiger partial charge in [0.1, 0.15) is 0 Å². The maximum Gasteiger partial charge on any atom is 0.164 e. The van der Waals surface area contributed by atoms with Crippen LogP contribution in [-0.4, -0.2) is 19.5 Å². The quantitative estimate of drug-likeness (QED) is 0.162. The second-order valence-electron chi connectivity index (χ2n) is 17.1. The zero-order chi connectivity index (χ0) is 42.6. The van der Waals surface area contributed by atoms with Crippen LogP contribution in [0.15, 0.2) is 218 Å². The molecule has 14 aromatic rings. The van der Waals surface area contributed by atoms with Gasteiger partial charge in [0.2, 0.25) is 0 Å². The molecule has 12 aromatic carbocycles. The number of fused-ring (bicyclic) bond motifs is 5. The lowest BCUT2D eigenvalue weighted by Crippen LogP contribution is -2.01. The van der Waals surface area contributed by atoms with E-state index in [4.69, 9.17) is 15.0 Å². The summed E-state index contributed by atoms with van der Waals surface area (Å²) in [7, 11) is 0. The van der Waals surface area contributed by atoms with E-state index in [-0.39, 0.29) is 0 Å². The van der Waals surface area contributed by atoms with Crippen LogP contribution in [0.2, 0.25) is 0 Å². The largest absolute Gasteiger partial charge is 0.309 e. The zero-order valence-electron chi connectivity index (χ0n) is 35.1. The molecule has 0 saturated carbocycles. The third-order valence-electron chi connectivity index (χ3n) is 13.5. The highest BCUT2D eigenvalue weighted by Crippen LogP contribution is 2.45. The molecule has 2 heterocycles. The normalized spacial score (nSPS) is 12.0. The number of aromatic nitrogens is 4. The summed E-state index contributed by atoms with van der Waals surface area (Å²) in [5.74, 6) is 1.87. The van der Waals surface area contributed by atoms with Crippen LogP contribution in [-0.2, 0) is 0 Å². The molecule has 0 unspecified atom stereocenters. The number of hydrogen-bond donors (Lipinski definition) is 0. The highest BCUT2D eigenvalue weighted by molar-refractivity contribution is 6.37. The van der Waals surface area contributed by atoms with Gasteiger partial charge in [-0.25, -0.2) is 15.0 Å². The molecule has 4 heteroatoms. The monoisotopic (exact) mass is 824 g/mol. The summed E-state index contributed by atoms with van der Waals surface area (Å²) in [4.78, 5) is 16.3. The van der Waals surface area contributed by atoms with E-state index in [9.17, 15) is 0 Å². The summed E-state index contributed by atoms with van der Waals surface area (Å²) in [5, 5.41) is 17.0. The molecule has 0 N–H and O–H groups in total. The first-order chi connectivity index (χ1) is 32.2. The van der Waals surface area contributed by atoms with Crippen molar-refractivity contribution in [1.82, 2.24) is 19.5 Å². The van der Waals surface area contributed by atoms with Gasteiger partial charge in [-0.3, -0.25) is 0 Å². The molecule has 0 bridgehead atoms. The van der Waals surface area contributed by atoms with Gasteiger partial charge in [-0.1, -0.05) is 176 Å². The molecule has 14 rings (SSSR count). The molecule has 0 aliphatic carbocycles. The summed E-state index contributed by atoms with van der Waals surface area (Å²) >= 11 is 0. The van der Waals surface area contributed by atoms with Crippen LogP contribution < -0.4 is 0 Å². The fourth-order valence-corrected chi connectivity index (χ4v) is 10.7. The lowest BCUT2D eigenvalue weighted by Gasteiger charge is -2.17. The molecule has 0 atom stereocenters. The van der Waals surface area contributed by atoms with E-state index < -0.39 is 0 Å². The van der Waals surface area contributed by atoms with Gasteiger partial charge in [0, 0.05) is 33.2 Å². The average molecular weight is 825 g/mol. The Balaban J connectivity index is 1.10. The first-order valence-electron chi connectivity index (χ1n) is 22.2. The second-order valence-corrected chi connectivity index (χ2v) is 17.1. The predicted octanol–water partition coefficient (Wildman–Crippen LogP) is 16.0. The molecule has 0 aliphatic heterocycles. The first kappa shape index (κ1) is 35.8. The standard InChI is InChI=1S/C61H36N4/c1-3-14-37(15-4-1)41-19-9-20-43(34-41)59-62-60(64-61(63-59)50-27-13-29-53-58(50)49-23-7-8-28-52(49)65(53)45-21-5-2-6-22-45)44-35-42-33-32-40-17-11-25-47-46-24-10-16-38-30-31-39-18-12-26-48(56(39)54(38)46)51(36-44)57(42)55(40)47/h1-36H. The Morgan fingerprint density at radius 3 is 1.46 bits per heavy atom. The fourth-order valence-electron chi connectivity index (χ4n) is 10.7. The highest BCUT2D eigenvalue weighted by atomic mass is 15.0. The summed E-state index contributed by atoms with van der Waals surface area (Å²) in [6.07, 6.45) is 0. The van der Waals surface area contributed by atoms with Crippen molar-refractivity contribution in [2.24, 2.45) is 0 Å². The Kier molecular flexibility index (Phi) is 7.65. The van der Waals surface area contributed by atoms with Crippen molar-refractivity contribution in [2.45, 2.75) is 0 Å². The Morgan fingerprint density at radius 2 is 0.754 bits per heavy atom. The third kappa shape index (κ3) is 5.41. The number of para-hydroxylation sites is 2. The zero-order valence-corrected chi connectivity index (χ0v) is 35.1. The van der Waals surface area contributed by atoms with Gasteiger partial charge in [-0.15, -0.1) is 0 Å². The van der Waals surface area contributed by atoms with Crippen molar-refractivity contribution in [3.8, 4) is 51.0 Å². The van der Waals surface area contributed by atoms with Crippen LogP contribution in [0.25, 0.3) is 137 Å². The first-order valence-corrected chi connectivity index (χ1v) is 22.2. The van der Waals surface area contributed by atoms with Gasteiger partial charge in [0.15, 0.2) is 17.5 Å². The summed E-state index contributed by atoms with van der Waals surface area (Å²) in [6, 6.07) is 78.7. The lowest BCUT2D eigenvalue weighted by molar-refractivity contribution is 1.08. The fraction of sp³-hybridized carbons (Fsp3) is 0. The maximum absolute atomic E-state index is 5.51. The van der Waals surface area contributed by atoms with E-state index >= 15 is 0 Å². The van der Waals surface area contributed by atoms with E-state index in [2.05, 4.69) is 223 Å². The highest BCUT2D eigenvalue weighted by Gasteiger charge is 2.22. The minimum atomic E-state index is 0.621. The van der Waals surface area contributed by atoms with E-state index in [1.54, 1.807) is 0 Å². The van der Waals surface area contributed by atoms with Crippen molar-refractivity contribution >= 4 is 86.4 Å². The van der Waals surface area contributed by atoms with Gasteiger partial charge >= 0.3 is 0 Å². The Morgan fingerprint density at radius 1 is 0.262 bits per heavy atom. The Labute approximate surface area is 373 Å². The summed E-state index contributed by atoms with van der Waals surface area (Å²) < 4.78 is 2.35. The van der Waals surface area contributed by atoms with Crippen molar-refractivity contribution < 1.29 is 0 Å². The predicted molar refractivity (Wildman–Crippen MR) is 272 cm³/mol. The van der Waals surface area contributed by atoms with Crippen molar-refractivity contribution in [2.75, 3.05) is 0 Å². The van der Waals surface area contributed by atoms with Gasteiger partial charge < -0.3 is 4.57 Å². The van der Waals surface area contributed by atoms with Crippen molar-refractivity contribution in [3.05, 3.63) is 218 Å². The number of rotatable bonds is 5. The van der Waals surface area contributed by atoms with E-state index in [0.29, 0.717) is 17.5 Å². The van der Waals surface area contributed by atoms with E-state index in [1.807, 2.05) is 0 Å². The lowest BCUT2D eigenvalue weighted by atomic mass is 9.87. The second kappa shape index (κ2) is 13.9. The van der Waals surface area contributed by atoms with Crippen LogP contribution in [0.5, 0.6) is 0 Å². The van der Waals surface area contributed by atoms with Crippen molar-refractivity contribution in [3.63, 3.8) is 0 Å². The van der Waals surface area contributed by atoms with Gasteiger partial charge in [-0.2, -0.15) is 0 Å². The molecule has 65 heavy (non-hydrogen) atoms. The Hall–Kier alpha value is -8.73. The van der Waals surface area contributed by atoms with Crippen LogP contribution in [0.3, 0.4) is 0 Å². The SMILES string of the molecule is c1ccc(-c2cccc(-c3nc(-c4cc5ccc6cccc7c8cccc9ccc%10cccc(c(c4)c5c67)c%10c98)nc(-c4cccc5c4c4ccccc4n5-c4ccccc4)n3)c2)cc1. The molecule has 0 spiro atoms. The number of hydrogen-bond acceptors (Lipinski definition) is 3. The maximum atomic E-state index is 5.51. The smallest absolute Gasteiger partial charge is 0.164 e. The van der Waals surface area contributed by atoms with Crippen LogP contribution >= 0.6 is 0 Å². The topological polar surface area (TPSA) is 43.6 Å². The minimum absolute atomic E-state index is 0.621. The van der Waals surface area contributed by atoms with Crippen LogP contribution in [0, 0.1) is 0 Å². The Bertz CT molecular complexity index is 4220. The summed E-state index contributed by atoms with van der Waals surface area (Å²) in [6.45, 7) is 0. The molecule has 0 radical (unpaired) electrons. The van der Waals surface area contributed by atoms with Gasteiger partial charge in [-0.05, 0) is 118 Å². The molecule has 0 amide bonds. The summed E-state index contributed by atoms with van der Waals surface area (Å²) in [5.41, 5.74) is 8.39. The molecule has 0 aliphatic rings. The van der Waals surface area contributed by atoms with Crippen LogP contribution in [0.4, 0.5) is 0 Å². The van der Waals surface area contributed by atoms with Crippen LogP contribution in [0.1, 0.15) is 0 Å². The molecule has 0 fully saturated rings. The number of benzene rings is 11. The van der Waals surface area contributed by atoms with Gasteiger partial charge in [0.05, 0.1) is 11.0 Å². The third-order valence-corrected chi connectivity index (χ3v) is 13.5. The van der Waals surface area contributed by atoms with E-state index in [1.165, 1.54) is 59.2 Å². The minimum Gasteiger partial charge on any atom is -0.309 e.